The number of thiazole rings is 1. The number of esters is 1. The Hall–Kier alpha value is -2.74. The fraction of sp³-hybridized carbons (Fsp3) is 0.294. The van der Waals surface area contributed by atoms with Gasteiger partial charge in [-0.1, -0.05) is 23.5 Å². The molecule has 3 aromatic rings. The fourth-order valence-corrected chi connectivity index (χ4v) is 3.58. The summed E-state index contributed by atoms with van der Waals surface area (Å²) in [4.78, 5) is 29.1. The van der Waals surface area contributed by atoms with Crippen LogP contribution in [0.2, 0.25) is 0 Å². The van der Waals surface area contributed by atoms with Gasteiger partial charge in [0.2, 0.25) is 0 Å². The summed E-state index contributed by atoms with van der Waals surface area (Å²) in [5.74, 6) is -0.778. The fourth-order valence-electron chi connectivity index (χ4n) is 2.56. The first-order valence-electron chi connectivity index (χ1n) is 7.82. The number of methoxy groups -OCH3 is 1. The lowest BCUT2D eigenvalue weighted by Crippen LogP contribution is -2.23. The molecule has 1 aromatic carbocycles. The van der Waals surface area contributed by atoms with E-state index < -0.39 is 5.97 Å². The second-order valence-corrected chi connectivity index (χ2v) is 6.43. The molecule has 3 rings (SSSR count). The molecule has 8 heteroatoms. The summed E-state index contributed by atoms with van der Waals surface area (Å²) in [6.07, 6.45) is 0. The Kier molecular flexibility index (Phi) is 4.80. The molecule has 2 aromatic heterocycles. The van der Waals surface area contributed by atoms with E-state index in [4.69, 9.17) is 4.74 Å². The summed E-state index contributed by atoms with van der Waals surface area (Å²) in [5.41, 5.74) is 2.03. The van der Waals surface area contributed by atoms with Crippen LogP contribution in [0, 0.1) is 6.92 Å². The van der Waals surface area contributed by atoms with Crippen LogP contribution in [0.5, 0.6) is 0 Å². The first-order valence-corrected chi connectivity index (χ1v) is 8.63. The van der Waals surface area contributed by atoms with Crippen molar-refractivity contribution in [3.8, 4) is 0 Å². The van der Waals surface area contributed by atoms with Crippen molar-refractivity contribution in [3.63, 3.8) is 0 Å². The number of aryl methyl sites for hydroxylation is 2. The number of amides is 1. The Morgan fingerprint density at radius 3 is 2.80 bits per heavy atom. The highest BCUT2D eigenvalue weighted by Crippen LogP contribution is 2.17. The number of carbonyl (C=O) groups excluding carboxylic acids is 2. The Morgan fingerprint density at radius 2 is 2.08 bits per heavy atom. The lowest BCUT2D eigenvalue weighted by atomic mass is 10.3. The molecular formula is C17H18N4O3S. The molecule has 0 aliphatic rings. The zero-order valence-electron chi connectivity index (χ0n) is 14.2. The molecule has 25 heavy (non-hydrogen) atoms. The molecule has 0 radical (unpaired) electrons. The highest BCUT2D eigenvalue weighted by Gasteiger charge is 2.15. The number of benzene rings is 1. The topological polar surface area (TPSA) is 78.5 Å². The smallest absolute Gasteiger partial charge is 0.325 e. The molecule has 2 heterocycles. The van der Waals surface area contributed by atoms with E-state index in [1.807, 2.05) is 38.1 Å². The highest BCUT2D eigenvalue weighted by atomic mass is 32.1. The third-order valence-electron chi connectivity index (χ3n) is 3.72. The zero-order chi connectivity index (χ0) is 18.0. The lowest BCUT2D eigenvalue weighted by Gasteiger charge is -2.03. The van der Waals surface area contributed by atoms with Gasteiger partial charge in [-0.2, -0.15) is 10.1 Å². The van der Waals surface area contributed by atoms with E-state index in [0.29, 0.717) is 17.0 Å². The molecule has 0 bridgehead atoms. The van der Waals surface area contributed by atoms with Crippen molar-refractivity contribution in [2.45, 2.75) is 26.9 Å². The Balaban J connectivity index is 2.13. The molecule has 1 amide bonds. The minimum atomic E-state index is -0.396. The first kappa shape index (κ1) is 17.1. The summed E-state index contributed by atoms with van der Waals surface area (Å²) in [5, 5.41) is 4.28. The van der Waals surface area contributed by atoms with E-state index >= 15 is 0 Å². The van der Waals surface area contributed by atoms with E-state index in [2.05, 4.69) is 10.1 Å². The van der Waals surface area contributed by atoms with Gasteiger partial charge in [-0.25, -0.2) is 0 Å². The van der Waals surface area contributed by atoms with Gasteiger partial charge in [0.1, 0.15) is 12.2 Å². The predicted molar refractivity (Wildman–Crippen MR) is 94.4 cm³/mol. The lowest BCUT2D eigenvalue weighted by molar-refractivity contribution is -0.141. The summed E-state index contributed by atoms with van der Waals surface area (Å²) >= 11 is 1.36. The van der Waals surface area contributed by atoms with Gasteiger partial charge < -0.3 is 9.30 Å². The maximum Gasteiger partial charge on any atom is 0.325 e. The number of para-hydroxylation sites is 1. The minimum Gasteiger partial charge on any atom is -0.468 e. The standard InChI is InChI=1S/C17H18N4O3S/c1-4-21-13(9-11(2)19-21)16(23)18-17-20(10-15(22)24-3)12-7-5-6-8-14(12)25-17/h5-9H,4,10H2,1-3H3. The molecule has 0 fully saturated rings. The van der Waals surface area contributed by atoms with Crippen LogP contribution >= 0.6 is 11.3 Å². The van der Waals surface area contributed by atoms with E-state index in [-0.39, 0.29) is 12.5 Å². The second kappa shape index (κ2) is 7.02. The molecule has 0 unspecified atom stereocenters. The quantitative estimate of drug-likeness (QED) is 0.670. The van der Waals surface area contributed by atoms with Crippen LogP contribution in [0.25, 0.3) is 10.2 Å². The van der Waals surface area contributed by atoms with E-state index in [0.717, 1.165) is 15.9 Å². The SMILES string of the molecule is CCn1nc(C)cc1C(=O)N=c1sc2ccccc2n1CC(=O)OC. The summed E-state index contributed by atoms with van der Waals surface area (Å²) in [6, 6.07) is 9.32. The molecule has 0 atom stereocenters. The van der Waals surface area contributed by atoms with Gasteiger partial charge in [0.15, 0.2) is 4.80 Å². The van der Waals surface area contributed by atoms with E-state index in [1.165, 1.54) is 18.4 Å². The van der Waals surface area contributed by atoms with Crippen LogP contribution in [-0.4, -0.2) is 33.3 Å². The van der Waals surface area contributed by atoms with E-state index in [1.54, 1.807) is 15.3 Å². The number of ether oxygens (including phenoxy) is 1. The molecule has 0 aliphatic carbocycles. The molecular weight excluding hydrogens is 340 g/mol. The molecule has 0 saturated heterocycles. The largest absolute Gasteiger partial charge is 0.468 e. The van der Waals surface area contributed by atoms with E-state index in [9.17, 15) is 9.59 Å². The normalized spacial score (nSPS) is 11.9. The number of hydrogen-bond acceptors (Lipinski definition) is 5. The van der Waals surface area contributed by atoms with Gasteiger partial charge in [0, 0.05) is 6.54 Å². The second-order valence-electron chi connectivity index (χ2n) is 5.42. The van der Waals surface area contributed by atoms with Crippen molar-refractivity contribution < 1.29 is 14.3 Å². The number of hydrogen-bond donors (Lipinski definition) is 0. The Bertz CT molecular complexity index is 1010. The zero-order valence-corrected chi connectivity index (χ0v) is 15.0. The number of rotatable bonds is 4. The average molecular weight is 358 g/mol. The first-order chi connectivity index (χ1) is 12.0. The summed E-state index contributed by atoms with van der Waals surface area (Å²) in [7, 11) is 1.34. The van der Waals surface area contributed by atoms with Crippen LogP contribution in [-0.2, 0) is 22.6 Å². The van der Waals surface area contributed by atoms with Crippen molar-refractivity contribution >= 4 is 33.4 Å². The van der Waals surface area contributed by atoms with Crippen molar-refractivity contribution in [2.24, 2.45) is 4.99 Å². The molecule has 0 aliphatic heterocycles. The maximum atomic E-state index is 12.6. The van der Waals surface area contributed by atoms with Crippen LogP contribution < -0.4 is 4.80 Å². The number of fused-ring (bicyclic) bond motifs is 1. The highest BCUT2D eigenvalue weighted by molar-refractivity contribution is 7.16. The third-order valence-corrected chi connectivity index (χ3v) is 4.78. The number of aromatic nitrogens is 3. The molecule has 7 nitrogen and oxygen atoms in total. The Morgan fingerprint density at radius 1 is 1.32 bits per heavy atom. The number of nitrogens with zero attached hydrogens (tertiary/aromatic N) is 4. The summed E-state index contributed by atoms with van der Waals surface area (Å²) in [6.45, 7) is 4.33. The average Bonchev–Trinajstić information content (AvgIpc) is 3.15. The monoisotopic (exact) mass is 358 g/mol. The summed E-state index contributed by atoms with van der Waals surface area (Å²) < 4.78 is 9.03. The molecule has 0 spiro atoms. The van der Waals surface area contributed by atoms with Crippen molar-refractivity contribution in [1.29, 1.82) is 0 Å². The van der Waals surface area contributed by atoms with Crippen LogP contribution in [0.1, 0.15) is 23.1 Å². The van der Waals surface area contributed by atoms with Gasteiger partial charge in [-0.3, -0.25) is 14.3 Å². The van der Waals surface area contributed by atoms with Gasteiger partial charge in [0.05, 0.1) is 23.0 Å². The van der Waals surface area contributed by atoms with Crippen molar-refractivity contribution in [1.82, 2.24) is 14.3 Å². The molecule has 0 N–H and O–H groups in total. The minimum absolute atomic E-state index is 0.00130. The van der Waals surface area contributed by atoms with Gasteiger partial charge in [0.25, 0.3) is 5.91 Å². The molecule has 0 saturated carbocycles. The maximum absolute atomic E-state index is 12.6. The number of carbonyl (C=O) groups is 2. The molecule has 130 valence electrons. The Labute approximate surface area is 148 Å². The predicted octanol–water partition coefficient (Wildman–Crippen LogP) is 2.14. The van der Waals surface area contributed by atoms with Gasteiger partial charge in [-0.15, -0.1) is 0 Å². The van der Waals surface area contributed by atoms with Crippen LogP contribution in [0.3, 0.4) is 0 Å². The van der Waals surface area contributed by atoms with Gasteiger partial charge >= 0.3 is 5.97 Å². The third kappa shape index (κ3) is 3.39. The van der Waals surface area contributed by atoms with Crippen LogP contribution in [0.15, 0.2) is 35.3 Å². The van der Waals surface area contributed by atoms with Crippen molar-refractivity contribution in [2.75, 3.05) is 7.11 Å². The van der Waals surface area contributed by atoms with Crippen molar-refractivity contribution in [3.05, 3.63) is 46.5 Å². The van der Waals surface area contributed by atoms with Crippen LogP contribution in [0.4, 0.5) is 0 Å². The van der Waals surface area contributed by atoms with Gasteiger partial charge in [-0.05, 0) is 32.0 Å².